The first-order chi connectivity index (χ1) is 14.6. The summed E-state index contributed by atoms with van der Waals surface area (Å²) in [6, 6.07) is 8.31. The van der Waals surface area contributed by atoms with Gasteiger partial charge in [0.05, 0.1) is 6.61 Å². The fourth-order valence-electron chi connectivity index (χ4n) is 3.27. The molecule has 30 heavy (non-hydrogen) atoms. The Balaban J connectivity index is 1.69. The van der Waals surface area contributed by atoms with Gasteiger partial charge in [-0.25, -0.2) is 15.0 Å². The highest BCUT2D eigenvalue weighted by molar-refractivity contribution is 7.85. The van der Waals surface area contributed by atoms with Gasteiger partial charge in [-0.15, -0.1) is 0 Å². The van der Waals surface area contributed by atoms with E-state index in [4.69, 9.17) is 0 Å². The summed E-state index contributed by atoms with van der Waals surface area (Å²) in [5.41, 5.74) is 3.62. The highest BCUT2D eigenvalue weighted by Gasteiger charge is 2.22. The first kappa shape index (κ1) is 20.4. The lowest BCUT2D eigenvalue weighted by molar-refractivity contribution is 0.311. The largest absolute Gasteiger partial charge is 0.395 e. The van der Waals surface area contributed by atoms with Crippen LogP contribution in [-0.4, -0.2) is 67.0 Å². The van der Waals surface area contributed by atoms with Crippen LogP contribution in [0.5, 0.6) is 0 Å². The Hall–Kier alpha value is -2.85. The van der Waals surface area contributed by atoms with Gasteiger partial charge in [-0.2, -0.15) is 4.98 Å². The maximum atomic E-state index is 11.8. The fourth-order valence-corrected chi connectivity index (χ4v) is 4.32. The molecule has 0 atom stereocenters. The van der Waals surface area contributed by atoms with Crippen molar-refractivity contribution in [3.8, 4) is 0 Å². The highest BCUT2D eigenvalue weighted by atomic mass is 32.2. The van der Waals surface area contributed by atoms with Crippen molar-refractivity contribution in [2.75, 3.05) is 53.3 Å². The van der Waals surface area contributed by atoms with E-state index in [9.17, 15) is 9.32 Å². The van der Waals surface area contributed by atoms with E-state index in [-0.39, 0.29) is 6.61 Å². The Labute approximate surface area is 177 Å². The van der Waals surface area contributed by atoms with E-state index < -0.39 is 10.8 Å². The Kier molecular flexibility index (Phi) is 6.34. The van der Waals surface area contributed by atoms with Crippen LogP contribution in [0.4, 0.5) is 17.6 Å². The topological polar surface area (TPSA) is 116 Å². The van der Waals surface area contributed by atoms with E-state index in [1.54, 1.807) is 0 Å². The van der Waals surface area contributed by atoms with Crippen LogP contribution in [0.3, 0.4) is 0 Å². The predicted octanol–water partition coefficient (Wildman–Crippen LogP) is 1.31. The monoisotopic (exact) mass is 427 g/mol. The van der Waals surface area contributed by atoms with Gasteiger partial charge in [0, 0.05) is 48.5 Å². The molecule has 0 unspecified atom stereocenters. The van der Waals surface area contributed by atoms with Crippen LogP contribution < -0.4 is 15.5 Å². The minimum atomic E-state index is -0.788. The first-order valence-corrected chi connectivity index (χ1v) is 11.4. The van der Waals surface area contributed by atoms with Crippen molar-refractivity contribution in [2.45, 2.75) is 13.5 Å². The number of anilines is 3. The van der Waals surface area contributed by atoms with Crippen molar-refractivity contribution in [1.29, 1.82) is 0 Å². The zero-order valence-corrected chi connectivity index (χ0v) is 17.7. The van der Waals surface area contributed by atoms with Crippen molar-refractivity contribution in [3.63, 3.8) is 0 Å². The van der Waals surface area contributed by atoms with Crippen molar-refractivity contribution >= 4 is 39.4 Å². The molecule has 0 aliphatic carbocycles. The summed E-state index contributed by atoms with van der Waals surface area (Å²) in [6.07, 6.45) is 1.51. The van der Waals surface area contributed by atoms with E-state index in [0.29, 0.717) is 66.3 Å². The highest BCUT2D eigenvalue weighted by Crippen LogP contribution is 2.28. The molecule has 1 aromatic carbocycles. The molecule has 2 aromatic heterocycles. The molecule has 0 bridgehead atoms. The third-order valence-corrected chi connectivity index (χ3v) is 6.19. The summed E-state index contributed by atoms with van der Waals surface area (Å²) in [4.78, 5) is 20.2. The van der Waals surface area contributed by atoms with Gasteiger partial charge in [-0.05, 0) is 12.5 Å². The first-order valence-electron chi connectivity index (χ1n) is 9.91. The zero-order valence-electron chi connectivity index (χ0n) is 16.8. The standard InChI is InChI=1S/C20H25N7O2S/c1-14-2-4-15(5-3-14)12-22-18-16-17(23-13-24-18)19(26-20(25-16)21-6-9-28)27-7-10-30(29)11-8-27/h2-5,13,28H,6-12H2,1H3,(H,21,25,26)(H,22,23,24). The maximum Gasteiger partial charge on any atom is 0.225 e. The number of fused-ring (bicyclic) bond motifs is 1. The molecule has 1 fully saturated rings. The van der Waals surface area contributed by atoms with Gasteiger partial charge in [-0.1, -0.05) is 29.8 Å². The summed E-state index contributed by atoms with van der Waals surface area (Å²) in [5.74, 6) is 2.93. The zero-order chi connectivity index (χ0) is 20.9. The van der Waals surface area contributed by atoms with Crippen molar-refractivity contribution < 1.29 is 9.32 Å². The van der Waals surface area contributed by atoms with Crippen molar-refractivity contribution in [1.82, 2.24) is 19.9 Å². The lowest BCUT2D eigenvalue weighted by Crippen LogP contribution is -2.38. The second-order valence-corrected chi connectivity index (χ2v) is 8.81. The Morgan fingerprint density at radius 2 is 1.83 bits per heavy atom. The molecule has 158 valence electrons. The van der Waals surface area contributed by atoms with Crippen LogP contribution >= 0.6 is 0 Å². The number of hydrogen-bond donors (Lipinski definition) is 3. The van der Waals surface area contributed by atoms with Crippen molar-refractivity contribution in [3.05, 3.63) is 41.7 Å². The molecule has 1 saturated heterocycles. The van der Waals surface area contributed by atoms with E-state index in [1.165, 1.54) is 11.9 Å². The summed E-state index contributed by atoms with van der Waals surface area (Å²) in [7, 11) is -0.788. The molecule has 9 nitrogen and oxygen atoms in total. The quantitative estimate of drug-likeness (QED) is 0.513. The molecule has 1 aliphatic rings. The second-order valence-electron chi connectivity index (χ2n) is 7.11. The van der Waals surface area contributed by atoms with Gasteiger partial charge in [0.25, 0.3) is 0 Å². The summed E-state index contributed by atoms with van der Waals surface area (Å²) in [5, 5.41) is 15.6. The average Bonchev–Trinajstić information content (AvgIpc) is 2.77. The molecule has 1 aliphatic heterocycles. The molecular formula is C20H25N7O2S. The van der Waals surface area contributed by atoms with Crippen LogP contribution in [0.2, 0.25) is 0 Å². The second kappa shape index (κ2) is 9.31. The molecular weight excluding hydrogens is 402 g/mol. The number of aliphatic hydroxyl groups excluding tert-OH is 1. The van der Waals surface area contributed by atoms with Gasteiger partial charge in [0.2, 0.25) is 5.95 Å². The number of rotatable bonds is 7. The number of nitrogens with zero attached hydrogens (tertiary/aromatic N) is 5. The third-order valence-electron chi connectivity index (χ3n) is 4.92. The summed E-state index contributed by atoms with van der Waals surface area (Å²) >= 11 is 0. The van der Waals surface area contributed by atoms with E-state index in [1.807, 2.05) is 0 Å². The lowest BCUT2D eigenvalue weighted by Gasteiger charge is -2.28. The molecule has 0 spiro atoms. The molecule has 0 saturated carbocycles. The van der Waals surface area contributed by atoms with Crippen molar-refractivity contribution in [2.24, 2.45) is 0 Å². The Bertz CT molecular complexity index is 1040. The molecule has 0 radical (unpaired) electrons. The van der Waals surface area contributed by atoms with Crippen LogP contribution in [0.1, 0.15) is 11.1 Å². The molecule has 3 N–H and O–H groups in total. The smallest absolute Gasteiger partial charge is 0.225 e. The Morgan fingerprint density at radius 3 is 2.57 bits per heavy atom. The number of benzene rings is 1. The van der Waals surface area contributed by atoms with E-state index >= 15 is 0 Å². The Morgan fingerprint density at radius 1 is 1.07 bits per heavy atom. The van der Waals surface area contributed by atoms with Crippen LogP contribution in [0.15, 0.2) is 30.6 Å². The van der Waals surface area contributed by atoms with Gasteiger partial charge < -0.3 is 20.6 Å². The fraction of sp³-hybridized carbons (Fsp3) is 0.400. The van der Waals surface area contributed by atoms with E-state index in [2.05, 4.69) is 66.7 Å². The number of aliphatic hydroxyl groups is 1. The minimum Gasteiger partial charge on any atom is -0.395 e. The number of hydrogen-bond acceptors (Lipinski definition) is 9. The maximum absolute atomic E-state index is 11.8. The van der Waals surface area contributed by atoms with Gasteiger partial charge in [0.1, 0.15) is 17.4 Å². The van der Waals surface area contributed by atoms with E-state index in [0.717, 1.165) is 5.56 Å². The van der Waals surface area contributed by atoms with Gasteiger partial charge in [0.15, 0.2) is 11.6 Å². The normalized spacial score (nSPS) is 14.8. The number of nitrogens with one attached hydrogen (secondary N) is 2. The SMILES string of the molecule is Cc1ccc(CNc2ncnc3c(N4CCS(=O)CC4)nc(NCCO)nc23)cc1. The van der Waals surface area contributed by atoms with Crippen LogP contribution in [0, 0.1) is 6.92 Å². The average molecular weight is 428 g/mol. The summed E-state index contributed by atoms with van der Waals surface area (Å²) in [6.45, 7) is 4.28. The van der Waals surface area contributed by atoms with Crippen LogP contribution in [-0.2, 0) is 17.3 Å². The molecule has 3 heterocycles. The molecule has 10 heteroatoms. The predicted molar refractivity (Wildman–Crippen MR) is 119 cm³/mol. The van der Waals surface area contributed by atoms with Gasteiger partial charge in [-0.3, -0.25) is 4.21 Å². The molecule has 4 rings (SSSR count). The molecule has 0 amide bonds. The van der Waals surface area contributed by atoms with Crippen LogP contribution in [0.25, 0.3) is 11.0 Å². The lowest BCUT2D eigenvalue weighted by atomic mass is 10.1. The number of aryl methyl sites for hydroxylation is 1. The minimum absolute atomic E-state index is 0.0246. The third kappa shape index (κ3) is 4.65. The number of aromatic nitrogens is 4. The molecule has 3 aromatic rings. The van der Waals surface area contributed by atoms with Gasteiger partial charge >= 0.3 is 0 Å². The summed E-state index contributed by atoms with van der Waals surface area (Å²) < 4.78 is 11.8.